The molecule has 1 nitrogen and oxygen atoms in total. The van der Waals surface area contributed by atoms with Gasteiger partial charge in [0, 0.05) is 11.0 Å². The van der Waals surface area contributed by atoms with Crippen molar-refractivity contribution >= 4 is 0 Å². The van der Waals surface area contributed by atoms with E-state index in [1.165, 1.54) is 5.56 Å². The van der Waals surface area contributed by atoms with Gasteiger partial charge in [0.1, 0.15) is 0 Å². The van der Waals surface area contributed by atoms with Crippen LogP contribution in [0.4, 0.5) is 0 Å². The van der Waals surface area contributed by atoms with Crippen LogP contribution >= 0.6 is 0 Å². The van der Waals surface area contributed by atoms with Crippen LogP contribution in [0.25, 0.3) is 0 Å². The Kier molecular flexibility index (Phi) is 3.33. The molecular weight excluding hydrogens is 172 g/mol. The highest BCUT2D eigenvalue weighted by Crippen LogP contribution is 2.11. The smallest absolute Gasteiger partial charge is 0.0591 e. The molecule has 0 aromatic heterocycles. The lowest BCUT2D eigenvalue weighted by Gasteiger charge is -2.11. The summed E-state index contributed by atoms with van der Waals surface area (Å²) < 4.78 is 0. The monoisotopic (exact) mass is 188 g/mol. The van der Waals surface area contributed by atoms with Gasteiger partial charge in [-0.05, 0) is 32.9 Å². The Morgan fingerprint density at radius 2 is 1.79 bits per heavy atom. The average molecular weight is 188 g/mol. The highest BCUT2D eigenvalue weighted by molar-refractivity contribution is 5.36. The van der Waals surface area contributed by atoms with Gasteiger partial charge >= 0.3 is 0 Å². The van der Waals surface area contributed by atoms with Gasteiger partial charge in [0.25, 0.3) is 0 Å². The molecule has 14 heavy (non-hydrogen) atoms. The van der Waals surface area contributed by atoms with Crippen molar-refractivity contribution in [3.8, 4) is 11.8 Å². The van der Waals surface area contributed by atoms with E-state index in [1.807, 2.05) is 38.1 Å². The molecule has 0 saturated carbocycles. The van der Waals surface area contributed by atoms with Crippen LogP contribution in [0.3, 0.4) is 0 Å². The van der Waals surface area contributed by atoms with Crippen molar-refractivity contribution in [1.82, 2.24) is 0 Å². The fraction of sp³-hybridized carbons (Fsp3) is 0.385. The SMILES string of the molecule is Cc1ccc(C#CC(C)(C)CO)cc1. The molecule has 1 heteroatoms. The van der Waals surface area contributed by atoms with Crippen LogP contribution in [0, 0.1) is 24.2 Å². The molecule has 0 heterocycles. The first-order valence-corrected chi connectivity index (χ1v) is 4.74. The quantitative estimate of drug-likeness (QED) is 0.671. The first-order valence-electron chi connectivity index (χ1n) is 4.74. The van der Waals surface area contributed by atoms with E-state index < -0.39 is 0 Å². The molecule has 0 aliphatic heterocycles. The van der Waals surface area contributed by atoms with E-state index in [9.17, 15) is 0 Å². The number of aryl methyl sites for hydroxylation is 1. The van der Waals surface area contributed by atoms with Crippen LogP contribution in [0.5, 0.6) is 0 Å². The molecule has 1 aromatic rings. The molecule has 0 fully saturated rings. The lowest BCUT2D eigenvalue weighted by atomic mass is 9.95. The van der Waals surface area contributed by atoms with Crippen molar-refractivity contribution in [3.63, 3.8) is 0 Å². The minimum Gasteiger partial charge on any atom is -0.395 e. The van der Waals surface area contributed by atoms with Gasteiger partial charge in [0.2, 0.25) is 0 Å². The number of benzene rings is 1. The highest BCUT2D eigenvalue weighted by atomic mass is 16.3. The third kappa shape index (κ3) is 3.24. The Balaban J connectivity index is 2.83. The van der Waals surface area contributed by atoms with Gasteiger partial charge in [-0.1, -0.05) is 29.5 Å². The van der Waals surface area contributed by atoms with Crippen molar-refractivity contribution in [1.29, 1.82) is 0 Å². The number of aliphatic hydroxyl groups is 1. The zero-order chi connectivity index (χ0) is 10.6. The Bertz CT molecular complexity index is 349. The zero-order valence-electron chi connectivity index (χ0n) is 8.96. The molecule has 0 spiro atoms. The second-order valence-corrected chi connectivity index (χ2v) is 4.16. The van der Waals surface area contributed by atoms with E-state index in [0.717, 1.165) is 5.56 Å². The molecule has 0 radical (unpaired) electrons. The van der Waals surface area contributed by atoms with Crippen molar-refractivity contribution in [2.24, 2.45) is 5.41 Å². The van der Waals surface area contributed by atoms with Crippen LogP contribution in [0.15, 0.2) is 24.3 Å². The van der Waals surface area contributed by atoms with Crippen molar-refractivity contribution in [2.75, 3.05) is 6.61 Å². The summed E-state index contributed by atoms with van der Waals surface area (Å²) in [5.74, 6) is 6.10. The standard InChI is InChI=1S/C13H16O/c1-11-4-6-12(7-5-11)8-9-13(2,3)10-14/h4-7,14H,10H2,1-3H3. The van der Waals surface area contributed by atoms with E-state index >= 15 is 0 Å². The van der Waals surface area contributed by atoms with E-state index in [4.69, 9.17) is 5.11 Å². The Morgan fingerprint density at radius 3 is 2.29 bits per heavy atom. The van der Waals surface area contributed by atoms with Gasteiger partial charge in [0.05, 0.1) is 6.61 Å². The topological polar surface area (TPSA) is 20.2 Å². The predicted octanol–water partition coefficient (Wildman–Crippen LogP) is 2.37. The number of hydrogen-bond acceptors (Lipinski definition) is 1. The predicted molar refractivity (Wildman–Crippen MR) is 58.9 cm³/mol. The zero-order valence-corrected chi connectivity index (χ0v) is 8.96. The molecular formula is C13H16O. The number of hydrogen-bond donors (Lipinski definition) is 1. The third-order valence-corrected chi connectivity index (χ3v) is 1.99. The summed E-state index contributed by atoms with van der Waals surface area (Å²) in [6.45, 7) is 5.99. The second kappa shape index (κ2) is 4.30. The molecule has 0 aliphatic carbocycles. The van der Waals surface area contributed by atoms with Gasteiger partial charge < -0.3 is 5.11 Å². The summed E-state index contributed by atoms with van der Waals surface area (Å²) >= 11 is 0. The van der Waals surface area contributed by atoms with E-state index in [-0.39, 0.29) is 12.0 Å². The third-order valence-electron chi connectivity index (χ3n) is 1.99. The van der Waals surface area contributed by atoms with Crippen LogP contribution in [0.2, 0.25) is 0 Å². The minimum absolute atomic E-state index is 0.0891. The van der Waals surface area contributed by atoms with Crippen molar-refractivity contribution < 1.29 is 5.11 Å². The second-order valence-electron chi connectivity index (χ2n) is 4.16. The molecule has 1 rings (SSSR count). The lowest BCUT2D eigenvalue weighted by molar-refractivity contribution is 0.206. The normalized spacial score (nSPS) is 10.6. The summed E-state index contributed by atoms with van der Waals surface area (Å²) in [5.41, 5.74) is 1.92. The average Bonchev–Trinajstić information content (AvgIpc) is 2.17. The Hall–Kier alpha value is -1.26. The molecule has 0 aliphatic rings. The van der Waals surface area contributed by atoms with Crippen molar-refractivity contribution in [2.45, 2.75) is 20.8 Å². The van der Waals surface area contributed by atoms with Gasteiger partial charge in [-0.3, -0.25) is 0 Å². The first-order chi connectivity index (χ1) is 6.53. The molecule has 0 unspecified atom stereocenters. The minimum atomic E-state index is -0.315. The molecule has 0 saturated heterocycles. The van der Waals surface area contributed by atoms with Crippen LogP contribution in [-0.4, -0.2) is 11.7 Å². The molecule has 1 N–H and O–H groups in total. The Morgan fingerprint density at radius 1 is 1.21 bits per heavy atom. The van der Waals surface area contributed by atoms with Gasteiger partial charge in [-0.2, -0.15) is 0 Å². The maximum absolute atomic E-state index is 9.01. The summed E-state index contributed by atoms with van der Waals surface area (Å²) in [5, 5.41) is 9.01. The largest absolute Gasteiger partial charge is 0.395 e. The fourth-order valence-corrected chi connectivity index (χ4v) is 0.918. The highest BCUT2D eigenvalue weighted by Gasteiger charge is 2.11. The van der Waals surface area contributed by atoms with Crippen molar-refractivity contribution in [3.05, 3.63) is 35.4 Å². The number of rotatable bonds is 1. The van der Waals surface area contributed by atoms with E-state index in [1.54, 1.807) is 0 Å². The molecule has 0 atom stereocenters. The first kappa shape index (κ1) is 10.8. The summed E-state index contributed by atoms with van der Waals surface area (Å²) in [6.07, 6.45) is 0. The summed E-state index contributed by atoms with van der Waals surface area (Å²) in [6, 6.07) is 8.07. The maximum Gasteiger partial charge on any atom is 0.0591 e. The van der Waals surface area contributed by atoms with Crippen LogP contribution < -0.4 is 0 Å². The summed E-state index contributed by atoms with van der Waals surface area (Å²) in [7, 11) is 0. The fourth-order valence-electron chi connectivity index (χ4n) is 0.918. The number of aliphatic hydroxyl groups excluding tert-OH is 1. The van der Waals surface area contributed by atoms with Gasteiger partial charge in [0.15, 0.2) is 0 Å². The molecule has 0 amide bonds. The lowest BCUT2D eigenvalue weighted by Crippen LogP contribution is -2.13. The Labute approximate surface area is 85.8 Å². The van der Waals surface area contributed by atoms with E-state index in [2.05, 4.69) is 18.8 Å². The van der Waals surface area contributed by atoms with E-state index in [0.29, 0.717) is 0 Å². The van der Waals surface area contributed by atoms with Crippen LogP contribution in [-0.2, 0) is 0 Å². The summed E-state index contributed by atoms with van der Waals surface area (Å²) in [4.78, 5) is 0. The molecule has 74 valence electrons. The van der Waals surface area contributed by atoms with Gasteiger partial charge in [-0.25, -0.2) is 0 Å². The molecule has 0 bridgehead atoms. The van der Waals surface area contributed by atoms with Gasteiger partial charge in [-0.15, -0.1) is 0 Å². The van der Waals surface area contributed by atoms with Crippen LogP contribution in [0.1, 0.15) is 25.0 Å². The molecule has 1 aromatic carbocycles. The maximum atomic E-state index is 9.01.